The van der Waals surface area contributed by atoms with Crippen LogP contribution in [0.25, 0.3) is 0 Å². The first-order chi connectivity index (χ1) is 5.58. The molecule has 0 radical (unpaired) electrons. The standard InChI is InChI=1S/C8H20O2Si2/c1-5-9-8(6-7-8)12(3,4)10-11-2/h5-7,11H2,1-4H3. The average Bonchev–Trinajstić information content (AvgIpc) is 2.70. The van der Waals surface area contributed by atoms with Crippen LogP contribution in [0.15, 0.2) is 0 Å². The highest BCUT2D eigenvalue weighted by Crippen LogP contribution is 2.47. The van der Waals surface area contributed by atoms with Gasteiger partial charge in [0, 0.05) is 6.61 Å². The second-order valence-corrected chi connectivity index (χ2v) is 9.53. The molecular weight excluding hydrogens is 184 g/mol. The van der Waals surface area contributed by atoms with Crippen molar-refractivity contribution in [3.63, 3.8) is 0 Å². The van der Waals surface area contributed by atoms with Gasteiger partial charge in [0.1, 0.15) is 9.76 Å². The van der Waals surface area contributed by atoms with Crippen LogP contribution in [0.5, 0.6) is 0 Å². The van der Waals surface area contributed by atoms with E-state index in [4.69, 9.17) is 8.85 Å². The molecule has 0 N–H and O–H groups in total. The third kappa shape index (κ3) is 1.81. The fraction of sp³-hybridized carbons (Fsp3) is 1.00. The predicted octanol–water partition coefficient (Wildman–Crippen LogP) is 1.45. The first kappa shape index (κ1) is 10.4. The van der Waals surface area contributed by atoms with Gasteiger partial charge in [-0.2, -0.15) is 0 Å². The predicted molar refractivity (Wildman–Crippen MR) is 56.6 cm³/mol. The lowest BCUT2D eigenvalue weighted by Gasteiger charge is -2.32. The molecule has 1 aliphatic carbocycles. The summed E-state index contributed by atoms with van der Waals surface area (Å²) in [6, 6.07) is 0. The minimum atomic E-state index is -1.50. The summed E-state index contributed by atoms with van der Waals surface area (Å²) in [6.45, 7) is 9.72. The van der Waals surface area contributed by atoms with Crippen LogP contribution >= 0.6 is 0 Å². The summed E-state index contributed by atoms with van der Waals surface area (Å²) in [7, 11) is -1.77. The maximum atomic E-state index is 5.96. The lowest BCUT2D eigenvalue weighted by Crippen LogP contribution is -2.49. The molecule has 0 spiro atoms. The van der Waals surface area contributed by atoms with Crippen molar-refractivity contribution in [1.29, 1.82) is 0 Å². The Hall–Kier alpha value is 0.354. The van der Waals surface area contributed by atoms with Crippen LogP contribution in [-0.2, 0) is 8.85 Å². The lowest BCUT2D eigenvalue weighted by atomic mass is 10.7. The number of hydrogen-bond acceptors (Lipinski definition) is 2. The van der Waals surface area contributed by atoms with Crippen LogP contribution in [0.4, 0.5) is 0 Å². The van der Waals surface area contributed by atoms with Gasteiger partial charge >= 0.3 is 0 Å². The van der Waals surface area contributed by atoms with Gasteiger partial charge in [-0.15, -0.1) is 0 Å². The normalized spacial score (nSPS) is 22.0. The Labute approximate surface area is 78.7 Å². The summed E-state index contributed by atoms with van der Waals surface area (Å²) < 4.78 is 11.8. The molecular formula is C8H20O2Si2. The van der Waals surface area contributed by atoms with Crippen molar-refractivity contribution < 1.29 is 8.85 Å². The Balaban J connectivity index is 2.53. The first-order valence-corrected chi connectivity index (χ1v) is 9.76. The van der Waals surface area contributed by atoms with Gasteiger partial charge in [-0.1, -0.05) is 6.55 Å². The third-order valence-corrected chi connectivity index (χ3v) is 9.61. The maximum absolute atomic E-state index is 5.96. The molecule has 0 atom stereocenters. The maximum Gasteiger partial charge on any atom is 0.205 e. The quantitative estimate of drug-likeness (QED) is 0.631. The Morgan fingerprint density at radius 3 is 2.33 bits per heavy atom. The molecule has 1 aliphatic rings. The molecule has 0 saturated heterocycles. The van der Waals surface area contributed by atoms with Gasteiger partial charge in [0.2, 0.25) is 8.32 Å². The van der Waals surface area contributed by atoms with E-state index in [-0.39, 0.29) is 15.0 Å². The minimum absolute atomic E-state index is 0.199. The number of rotatable bonds is 5. The fourth-order valence-electron chi connectivity index (χ4n) is 1.80. The van der Waals surface area contributed by atoms with E-state index < -0.39 is 8.32 Å². The summed E-state index contributed by atoms with van der Waals surface area (Å²) in [5.41, 5.74) is 0. The number of ether oxygens (including phenoxy) is 1. The third-order valence-electron chi connectivity index (χ3n) is 2.73. The van der Waals surface area contributed by atoms with Gasteiger partial charge in [0.15, 0.2) is 0 Å². The Morgan fingerprint density at radius 1 is 1.42 bits per heavy atom. The molecule has 12 heavy (non-hydrogen) atoms. The molecule has 2 nitrogen and oxygen atoms in total. The van der Waals surface area contributed by atoms with E-state index in [0.29, 0.717) is 0 Å². The molecule has 4 heteroatoms. The van der Waals surface area contributed by atoms with E-state index >= 15 is 0 Å². The molecule has 72 valence electrons. The van der Waals surface area contributed by atoms with Gasteiger partial charge < -0.3 is 8.85 Å². The number of hydrogen-bond donors (Lipinski definition) is 0. The molecule has 1 fully saturated rings. The van der Waals surface area contributed by atoms with Crippen LogP contribution in [0, 0.1) is 0 Å². The topological polar surface area (TPSA) is 18.5 Å². The summed E-state index contributed by atoms with van der Waals surface area (Å²) in [4.78, 5) is 0. The Morgan fingerprint density at radius 2 is 2.00 bits per heavy atom. The fourth-order valence-corrected chi connectivity index (χ4v) is 7.56. The van der Waals surface area contributed by atoms with Crippen LogP contribution in [0.3, 0.4) is 0 Å². The van der Waals surface area contributed by atoms with Gasteiger partial charge in [0.05, 0.1) is 5.22 Å². The van der Waals surface area contributed by atoms with Crippen molar-refractivity contribution >= 4 is 18.1 Å². The zero-order valence-electron chi connectivity index (χ0n) is 8.64. The minimum Gasteiger partial charge on any atom is -0.459 e. The van der Waals surface area contributed by atoms with E-state index in [0.717, 1.165) is 6.61 Å². The zero-order valence-corrected chi connectivity index (χ0v) is 11.1. The van der Waals surface area contributed by atoms with Gasteiger partial charge in [0.25, 0.3) is 0 Å². The molecule has 1 rings (SSSR count). The molecule has 1 saturated carbocycles. The van der Waals surface area contributed by atoms with Gasteiger partial charge in [-0.25, -0.2) is 0 Å². The molecule has 0 aromatic carbocycles. The van der Waals surface area contributed by atoms with Crippen LogP contribution in [0.2, 0.25) is 19.6 Å². The Bertz CT molecular complexity index is 149. The van der Waals surface area contributed by atoms with Crippen molar-refractivity contribution in [1.82, 2.24) is 0 Å². The average molecular weight is 204 g/mol. The molecule has 0 aromatic rings. The van der Waals surface area contributed by atoms with E-state index in [9.17, 15) is 0 Å². The summed E-state index contributed by atoms with van der Waals surface area (Å²) >= 11 is 0. The highest BCUT2D eigenvalue weighted by molar-refractivity contribution is 6.78. The molecule has 0 amide bonds. The van der Waals surface area contributed by atoms with Gasteiger partial charge in [-0.3, -0.25) is 0 Å². The highest BCUT2D eigenvalue weighted by atomic mass is 28.4. The van der Waals surface area contributed by atoms with Crippen LogP contribution in [-0.4, -0.2) is 29.9 Å². The van der Waals surface area contributed by atoms with E-state index in [1.165, 1.54) is 12.8 Å². The summed E-state index contributed by atoms with van der Waals surface area (Å²) in [5, 5.41) is 0.199. The molecule has 0 heterocycles. The van der Waals surface area contributed by atoms with Crippen molar-refractivity contribution in [3.05, 3.63) is 0 Å². The second kappa shape index (κ2) is 3.61. The largest absolute Gasteiger partial charge is 0.459 e. The zero-order chi connectivity index (χ0) is 9.24. The molecule has 0 unspecified atom stereocenters. The first-order valence-electron chi connectivity index (χ1n) is 4.86. The van der Waals surface area contributed by atoms with E-state index in [1.807, 2.05) is 0 Å². The van der Waals surface area contributed by atoms with Crippen molar-refractivity contribution in [2.45, 2.75) is 44.6 Å². The Kier molecular flexibility index (Phi) is 3.14. The van der Waals surface area contributed by atoms with Crippen molar-refractivity contribution in [2.24, 2.45) is 0 Å². The van der Waals surface area contributed by atoms with Crippen molar-refractivity contribution in [2.75, 3.05) is 6.61 Å². The molecule has 0 bridgehead atoms. The lowest BCUT2D eigenvalue weighted by molar-refractivity contribution is 0.0841. The van der Waals surface area contributed by atoms with Crippen LogP contribution in [0.1, 0.15) is 19.8 Å². The molecule has 0 aliphatic heterocycles. The molecule has 0 aromatic heterocycles. The van der Waals surface area contributed by atoms with E-state index in [2.05, 4.69) is 26.6 Å². The van der Waals surface area contributed by atoms with Crippen molar-refractivity contribution in [3.8, 4) is 0 Å². The van der Waals surface area contributed by atoms with Gasteiger partial charge in [-0.05, 0) is 32.9 Å². The van der Waals surface area contributed by atoms with Crippen LogP contribution < -0.4 is 0 Å². The summed E-state index contributed by atoms with van der Waals surface area (Å²) in [5.74, 6) is 0. The summed E-state index contributed by atoms with van der Waals surface area (Å²) in [6.07, 6.45) is 2.46. The highest BCUT2D eigenvalue weighted by Gasteiger charge is 2.58. The second-order valence-electron chi connectivity index (χ2n) is 3.87. The van der Waals surface area contributed by atoms with E-state index in [1.54, 1.807) is 0 Å². The SMILES string of the molecule is CCOC1([Si](C)(C)O[SiH2]C)CC1. The monoisotopic (exact) mass is 204 g/mol. The smallest absolute Gasteiger partial charge is 0.205 e.